The van der Waals surface area contributed by atoms with E-state index in [2.05, 4.69) is 5.10 Å². The van der Waals surface area contributed by atoms with Crippen LogP contribution in [0.3, 0.4) is 0 Å². The molecule has 0 radical (unpaired) electrons. The van der Waals surface area contributed by atoms with Crippen LogP contribution in [0.1, 0.15) is 16.7 Å². The zero-order valence-electron chi connectivity index (χ0n) is 13.3. The van der Waals surface area contributed by atoms with Crippen LogP contribution in [0.2, 0.25) is 0 Å². The average molecular weight is 349 g/mol. The van der Waals surface area contributed by atoms with Gasteiger partial charge >= 0.3 is 6.18 Å². The molecule has 0 saturated carbocycles. The van der Waals surface area contributed by atoms with Gasteiger partial charge in [0.1, 0.15) is 11.6 Å². The Bertz CT molecular complexity index is 896. The molecule has 0 saturated heterocycles. The second-order valence-corrected chi connectivity index (χ2v) is 5.68. The molecule has 2 aromatic carbocycles. The van der Waals surface area contributed by atoms with Gasteiger partial charge in [0.25, 0.3) is 0 Å². The molecule has 1 aromatic heterocycles. The predicted molar refractivity (Wildman–Crippen MR) is 87.3 cm³/mol. The number of aromatic nitrogens is 2. The number of halogens is 4. The molecule has 3 aromatic rings. The first-order valence-electron chi connectivity index (χ1n) is 7.49. The number of anilines is 1. The van der Waals surface area contributed by atoms with E-state index < -0.39 is 11.7 Å². The predicted octanol–water partition coefficient (Wildman–Crippen LogP) is 4.42. The van der Waals surface area contributed by atoms with Gasteiger partial charge < -0.3 is 5.73 Å². The third-order valence-corrected chi connectivity index (χ3v) is 4.00. The van der Waals surface area contributed by atoms with Crippen molar-refractivity contribution < 1.29 is 17.6 Å². The van der Waals surface area contributed by atoms with Crippen molar-refractivity contribution in [3.05, 3.63) is 71.0 Å². The van der Waals surface area contributed by atoms with Gasteiger partial charge in [-0.3, -0.25) is 4.68 Å². The van der Waals surface area contributed by atoms with E-state index in [-0.39, 0.29) is 12.2 Å². The van der Waals surface area contributed by atoms with E-state index in [9.17, 15) is 17.6 Å². The molecule has 0 bridgehead atoms. The number of benzene rings is 2. The lowest BCUT2D eigenvalue weighted by Crippen LogP contribution is -2.04. The fourth-order valence-electron chi connectivity index (χ4n) is 2.64. The first kappa shape index (κ1) is 17.0. The van der Waals surface area contributed by atoms with E-state index in [0.29, 0.717) is 28.2 Å². The highest BCUT2D eigenvalue weighted by atomic mass is 19.4. The zero-order valence-corrected chi connectivity index (χ0v) is 13.3. The van der Waals surface area contributed by atoms with Crippen LogP contribution in [0.5, 0.6) is 0 Å². The van der Waals surface area contributed by atoms with Gasteiger partial charge in [-0.1, -0.05) is 30.3 Å². The lowest BCUT2D eigenvalue weighted by atomic mass is 9.99. The highest BCUT2D eigenvalue weighted by Crippen LogP contribution is 2.33. The maximum atomic E-state index is 13.9. The van der Waals surface area contributed by atoms with E-state index >= 15 is 0 Å². The topological polar surface area (TPSA) is 43.8 Å². The largest absolute Gasteiger partial charge is 0.416 e. The van der Waals surface area contributed by atoms with Gasteiger partial charge in [0.05, 0.1) is 11.3 Å². The summed E-state index contributed by atoms with van der Waals surface area (Å²) in [7, 11) is 1.63. The fourth-order valence-corrected chi connectivity index (χ4v) is 2.64. The Morgan fingerprint density at radius 3 is 2.28 bits per heavy atom. The van der Waals surface area contributed by atoms with Crippen molar-refractivity contribution >= 4 is 5.82 Å². The molecule has 3 rings (SSSR count). The van der Waals surface area contributed by atoms with E-state index in [1.807, 2.05) is 0 Å². The van der Waals surface area contributed by atoms with Crippen LogP contribution in [0.15, 0.2) is 48.5 Å². The SMILES string of the molecule is Cn1nc(-c2ccc(C(F)(F)F)cc2)c(Cc2ccccc2F)c1N. The molecular formula is C18H15F4N3. The minimum Gasteiger partial charge on any atom is -0.384 e. The summed E-state index contributed by atoms with van der Waals surface area (Å²) in [5.74, 6) is -0.0257. The van der Waals surface area contributed by atoms with Crippen LogP contribution < -0.4 is 5.73 Å². The van der Waals surface area contributed by atoms with E-state index in [0.717, 1.165) is 12.1 Å². The van der Waals surface area contributed by atoms with Crippen LogP contribution in [0.25, 0.3) is 11.3 Å². The summed E-state index contributed by atoms with van der Waals surface area (Å²) < 4.78 is 53.5. The van der Waals surface area contributed by atoms with Crippen molar-refractivity contribution in [2.75, 3.05) is 5.73 Å². The third kappa shape index (κ3) is 3.35. The number of alkyl halides is 3. The molecule has 0 spiro atoms. The number of hydrogen-bond donors (Lipinski definition) is 1. The fraction of sp³-hybridized carbons (Fsp3) is 0.167. The molecular weight excluding hydrogens is 334 g/mol. The average Bonchev–Trinajstić information content (AvgIpc) is 2.84. The Hall–Kier alpha value is -2.83. The van der Waals surface area contributed by atoms with Gasteiger partial charge in [-0.05, 0) is 23.8 Å². The van der Waals surface area contributed by atoms with Gasteiger partial charge in [0, 0.05) is 24.6 Å². The molecule has 130 valence electrons. The molecule has 0 amide bonds. The molecule has 0 aliphatic heterocycles. The first-order chi connectivity index (χ1) is 11.8. The second kappa shape index (κ2) is 6.23. The van der Waals surface area contributed by atoms with E-state index in [1.165, 1.54) is 22.9 Å². The Kier molecular flexibility index (Phi) is 4.24. The van der Waals surface area contributed by atoms with E-state index in [4.69, 9.17) is 5.73 Å². The van der Waals surface area contributed by atoms with Crippen molar-refractivity contribution in [3.63, 3.8) is 0 Å². The van der Waals surface area contributed by atoms with Crippen molar-refractivity contribution in [3.8, 4) is 11.3 Å². The number of aryl methyl sites for hydroxylation is 1. The summed E-state index contributed by atoms with van der Waals surface area (Å²) in [5.41, 5.74) is 7.25. The lowest BCUT2D eigenvalue weighted by molar-refractivity contribution is -0.137. The van der Waals surface area contributed by atoms with Crippen molar-refractivity contribution in [2.45, 2.75) is 12.6 Å². The summed E-state index contributed by atoms with van der Waals surface area (Å²) >= 11 is 0. The molecule has 1 heterocycles. The summed E-state index contributed by atoms with van der Waals surface area (Å²) in [5, 5.41) is 4.29. The number of rotatable bonds is 3. The quantitative estimate of drug-likeness (QED) is 0.712. The van der Waals surface area contributed by atoms with Gasteiger partial charge in [-0.2, -0.15) is 18.3 Å². The maximum Gasteiger partial charge on any atom is 0.416 e. The van der Waals surface area contributed by atoms with Crippen LogP contribution in [-0.4, -0.2) is 9.78 Å². The van der Waals surface area contributed by atoms with Gasteiger partial charge in [-0.15, -0.1) is 0 Å². The standard InChI is InChI=1S/C18H15F4N3/c1-25-17(23)14(10-12-4-2-3-5-15(12)19)16(24-25)11-6-8-13(9-7-11)18(20,21)22/h2-9H,10,23H2,1H3. The third-order valence-electron chi connectivity index (χ3n) is 4.00. The number of nitrogens with two attached hydrogens (primary N) is 1. The molecule has 2 N–H and O–H groups in total. The molecule has 0 atom stereocenters. The summed E-state index contributed by atoms with van der Waals surface area (Å²) in [6.45, 7) is 0. The summed E-state index contributed by atoms with van der Waals surface area (Å²) in [4.78, 5) is 0. The molecule has 3 nitrogen and oxygen atoms in total. The normalized spacial score (nSPS) is 11.7. The number of hydrogen-bond acceptors (Lipinski definition) is 2. The maximum absolute atomic E-state index is 13.9. The molecule has 0 unspecified atom stereocenters. The molecule has 0 aliphatic carbocycles. The van der Waals surface area contributed by atoms with Crippen molar-refractivity contribution in [1.82, 2.24) is 9.78 Å². The molecule has 7 heteroatoms. The lowest BCUT2D eigenvalue weighted by Gasteiger charge is -2.08. The molecule has 0 fully saturated rings. The molecule has 25 heavy (non-hydrogen) atoms. The highest BCUT2D eigenvalue weighted by Gasteiger charge is 2.30. The van der Waals surface area contributed by atoms with Crippen molar-refractivity contribution in [1.29, 1.82) is 0 Å². The van der Waals surface area contributed by atoms with Gasteiger partial charge in [-0.25, -0.2) is 4.39 Å². The smallest absolute Gasteiger partial charge is 0.384 e. The minimum absolute atomic E-state index is 0.197. The number of nitrogen functional groups attached to an aromatic ring is 1. The van der Waals surface area contributed by atoms with Crippen molar-refractivity contribution in [2.24, 2.45) is 7.05 Å². The van der Waals surface area contributed by atoms with Gasteiger partial charge in [0.2, 0.25) is 0 Å². The van der Waals surface area contributed by atoms with Crippen LogP contribution >= 0.6 is 0 Å². The van der Waals surface area contributed by atoms with Crippen LogP contribution in [0.4, 0.5) is 23.4 Å². The van der Waals surface area contributed by atoms with Gasteiger partial charge in [0.15, 0.2) is 0 Å². The van der Waals surface area contributed by atoms with Crippen LogP contribution in [-0.2, 0) is 19.6 Å². The second-order valence-electron chi connectivity index (χ2n) is 5.68. The Balaban J connectivity index is 2.03. The first-order valence-corrected chi connectivity index (χ1v) is 7.49. The van der Waals surface area contributed by atoms with Crippen LogP contribution in [0, 0.1) is 5.82 Å². The zero-order chi connectivity index (χ0) is 18.2. The Labute approximate surface area is 141 Å². The highest BCUT2D eigenvalue weighted by molar-refractivity contribution is 5.69. The Morgan fingerprint density at radius 1 is 1.04 bits per heavy atom. The minimum atomic E-state index is -4.41. The number of nitrogens with zero attached hydrogens (tertiary/aromatic N) is 2. The Morgan fingerprint density at radius 2 is 1.68 bits per heavy atom. The summed E-state index contributed by atoms with van der Waals surface area (Å²) in [6.07, 6.45) is -4.21. The van der Waals surface area contributed by atoms with E-state index in [1.54, 1.807) is 25.2 Å². The summed E-state index contributed by atoms with van der Waals surface area (Å²) in [6, 6.07) is 11.0. The molecule has 0 aliphatic rings. The monoisotopic (exact) mass is 349 g/mol.